The monoisotopic (exact) mass is 331 g/mol. The van der Waals surface area contributed by atoms with Gasteiger partial charge < -0.3 is 4.74 Å². The summed E-state index contributed by atoms with van der Waals surface area (Å²) in [5.41, 5.74) is 0. The maximum Gasteiger partial charge on any atom is 0.145 e. The normalized spacial score (nSPS) is 10.0. The number of halogens is 2. The summed E-state index contributed by atoms with van der Waals surface area (Å²) in [6.07, 6.45) is 3.37. The van der Waals surface area contributed by atoms with Crippen molar-refractivity contribution in [2.75, 3.05) is 0 Å². The summed E-state index contributed by atoms with van der Waals surface area (Å²) in [5.74, 6) is 1.45. The minimum atomic E-state index is 0.661. The highest BCUT2D eigenvalue weighted by atomic mass is 127. The maximum atomic E-state index is 5.88. The molecular weight excluding hydrogens is 324 g/mol. The Labute approximate surface area is 106 Å². The third-order valence-electron chi connectivity index (χ3n) is 1.76. The van der Waals surface area contributed by atoms with Crippen LogP contribution in [0.4, 0.5) is 0 Å². The van der Waals surface area contributed by atoms with Crippen LogP contribution < -0.4 is 4.74 Å². The fourth-order valence-electron chi connectivity index (χ4n) is 1.09. The molecule has 2 rings (SSSR count). The van der Waals surface area contributed by atoms with Crippen molar-refractivity contribution in [3.8, 4) is 11.5 Å². The van der Waals surface area contributed by atoms with E-state index in [0.29, 0.717) is 10.8 Å². The van der Waals surface area contributed by atoms with E-state index in [4.69, 9.17) is 16.3 Å². The molecule has 15 heavy (non-hydrogen) atoms. The van der Waals surface area contributed by atoms with Crippen molar-refractivity contribution in [1.29, 1.82) is 0 Å². The van der Waals surface area contributed by atoms with Gasteiger partial charge in [0.2, 0.25) is 0 Å². The topological polar surface area (TPSA) is 22.1 Å². The highest BCUT2D eigenvalue weighted by molar-refractivity contribution is 14.1. The molecule has 0 amide bonds. The van der Waals surface area contributed by atoms with E-state index in [-0.39, 0.29) is 0 Å². The van der Waals surface area contributed by atoms with Crippen LogP contribution in [0.5, 0.6) is 11.5 Å². The number of ether oxygens (including phenoxy) is 1. The second-order valence-corrected chi connectivity index (χ2v) is 4.46. The second kappa shape index (κ2) is 4.81. The van der Waals surface area contributed by atoms with Crippen LogP contribution in [0, 0.1) is 3.57 Å². The van der Waals surface area contributed by atoms with Crippen molar-refractivity contribution < 1.29 is 4.74 Å². The molecule has 0 fully saturated rings. The molecule has 0 saturated carbocycles. The largest absolute Gasteiger partial charge is 0.455 e. The van der Waals surface area contributed by atoms with Crippen LogP contribution >= 0.6 is 34.2 Å². The van der Waals surface area contributed by atoms with E-state index in [1.54, 1.807) is 18.5 Å². The van der Waals surface area contributed by atoms with Crippen molar-refractivity contribution in [2.45, 2.75) is 0 Å². The van der Waals surface area contributed by atoms with Crippen LogP contribution in [0.15, 0.2) is 42.7 Å². The number of nitrogens with zero attached hydrogens (tertiary/aromatic N) is 1. The van der Waals surface area contributed by atoms with Crippen molar-refractivity contribution in [3.63, 3.8) is 0 Å². The first kappa shape index (κ1) is 10.7. The molecule has 76 valence electrons. The van der Waals surface area contributed by atoms with Gasteiger partial charge in [0.25, 0.3) is 0 Å². The van der Waals surface area contributed by atoms with Gasteiger partial charge in [0.05, 0.1) is 9.77 Å². The van der Waals surface area contributed by atoms with E-state index >= 15 is 0 Å². The average molecular weight is 332 g/mol. The van der Waals surface area contributed by atoms with Crippen LogP contribution in [0.2, 0.25) is 5.02 Å². The molecule has 0 aliphatic carbocycles. The van der Waals surface area contributed by atoms with E-state index in [1.165, 1.54) is 0 Å². The van der Waals surface area contributed by atoms with Gasteiger partial charge in [-0.2, -0.15) is 0 Å². The summed E-state index contributed by atoms with van der Waals surface area (Å²) < 4.78 is 6.65. The van der Waals surface area contributed by atoms with Gasteiger partial charge in [-0.1, -0.05) is 11.6 Å². The standard InChI is InChI=1S/C11H7ClINO/c12-8-3-4-10(13)11(6-8)15-9-2-1-5-14-7-9/h1-7H. The fraction of sp³-hybridized carbons (Fsp3) is 0. The van der Waals surface area contributed by atoms with Crippen LogP contribution in [0.25, 0.3) is 0 Å². The zero-order valence-electron chi connectivity index (χ0n) is 7.65. The summed E-state index contributed by atoms with van der Waals surface area (Å²) in [6.45, 7) is 0. The number of pyridine rings is 1. The van der Waals surface area contributed by atoms with Gasteiger partial charge in [0.1, 0.15) is 11.5 Å². The van der Waals surface area contributed by atoms with Gasteiger partial charge in [-0.05, 0) is 46.9 Å². The predicted molar refractivity (Wildman–Crippen MR) is 68.5 cm³/mol. The Morgan fingerprint density at radius 1 is 1.27 bits per heavy atom. The highest BCUT2D eigenvalue weighted by Crippen LogP contribution is 2.28. The SMILES string of the molecule is Clc1ccc(I)c(Oc2cccnc2)c1. The molecule has 2 aromatic rings. The molecule has 4 heteroatoms. The maximum absolute atomic E-state index is 5.88. The smallest absolute Gasteiger partial charge is 0.145 e. The van der Waals surface area contributed by atoms with Gasteiger partial charge in [-0.3, -0.25) is 4.98 Å². The Morgan fingerprint density at radius 2 is 2.13 bits per heavy atom. The molecule has 0 aliphatic rings. The molecule has 2 nitrogen and oxygen atoms in total. The third-order valence-corrected chi connectivity index (χ3v) is 2.88. The molecule has 1 aromatic heterocycles. The lowest BCUT2D eigenvalue weighted by molar-refractivity contribution is 0.477. The van der Waals surface area contributed by atoms with E-state index in [0.717, 1.165) is 9.32 Å². The van der Waals surface area contributed by atoms with Crippen LogP contribution in [-0.4, -0.2) is 4.98 Å². The fourth-order valence-corrected chi connectivity index (χ4v) is 1.70. The lowest BCUT2D eigenvalue weighted by Crippen LogP contribution is -1.87. The third kappa shape index (κ3) is 2.82. The second-order valence-electron chi connectivity index (χ2n) is 2.87. The lowest BCUT2D eigenvalue weighted by Gasteiger charge is -2.07. The first-order valence-electron chi connectivity index (χ1n) is 4.28. The van der Waals surface area contributed by atoms with Gasteiger partial charge >= 0.3 is 0 Å². The molecule has 0 unspecified atom stereocenters. The number of aromatic nitrogens is 1. The molecule has 0 N–H and O–H groups in total. The first-order chi connectivity index (χ1) is 7.25. The Kier molecular flexibility index (Phi) is 3.43. The molecule has 0 radical (unpaired) electrons. The Hall–Kier alpha value is -0.810. The van der Waals surface area contributed by atoms with Crippen molar-refractivity contribution >= 4 is 34.2 Å². The summed E-state index contributed by atoms with van der Waals surface area (Å²) in [6, 6.07) is 9.21. The number of benzene rings is 1. The zero-order valence-corrected chi connectivity index (χ0v) is 10.6. The van der Waals surface area contributed by atoms with E-state index < -0.39 is 0 Å². The molecular formula is C11H7ClINO. The van der Waals surface area contributed by atoms with E-state index in [1.807, 2.05) is 24.3 Å². The summed E-state index contributed by atoms with van der Waals surface area (Å²) in [7, 11) is 0. The van der Waals surface area contributed by atoms with Crippen molar-refractivity contribution in [2.24, 2.45) is 0 Å². The molecule has 0 aliphatic heterocycles. The predicted octanol–water partition coefficient (Wildman–Crippen LogP) is 4.13. The van der Waals surface area contributed by atoms with Gasteiger partial charge in [0.15, 0.2) is 0 Å². The van der Waals surface area contributed by atoms with Gasteiger partial charge in [-0.25, -0.2) is 0 Å². The average Bonchev–Trinajstić information content (AvgIpc) is 2.25. The molecule has 0 atom stereocenters. The Balaban J connectivity index is 2.28. The molecule has 0 saturated heterocycles. The van der Waals surface area contributed by atoms with Gasteiger partial charge in [0, 0.05) is 17.3 Å². The number of rotatable bonds is 2. The van der Waals surface area contributed by atoms with Crippen molar-refractivity contribution in [1.82, 2.24) is 4.98 Å². The Morgan fingerprint density at radius 3 is 2.87 bits per heavy atom. The quantitative estimate of drug-likeness (QED) is 0.772. The Bertz CT molecular complexity index is 461. The van der Waals surface area contributed by atoms with E-state index in [2.05, 4.69) is 27.6 Å². The van der Waals surface area contributed by atoms with Crippen LogP contribution in [-0.2, 0) is 0 Å². The molecule has 0 spiro atoms. The number of hydrogen-bond donors (Lipinski definition) is 0. The van der Waals surface area contributed by atoms with E-state index in [9.17, 15) is 0 Å². The first-order valence-corrected chi connectivity index (χ1v) is 5.74. The summed E-state index contributed by atoms with van der Waals surface area (Å²) in [4.78, 5) is 3.97. The highest BCUT2D eigenvalue weighted by Gasteiger charge is 2.03. The van der Waals surface area contributed by atoms with Crippen molar-refractivity contribution in [3.05, 3.63) is 51.3 Å². The molecule has 0 bridgehead atoms. The minimum Gasteiger partial charge on any atom is -0.455 e. The lowest BCUT2D eigenvalue weighted by atomic mass is 10.3. The molecule has 1 heterocycles. The molecule has 1 aromatic carbocycles. The minimum absolute atomic E-state index is 0.661. The number of hydrogen-bond acceptors (Lipinski definition) is 2. The van der Waals surface area contributed by atoms with Crippen LogP contribution in [0.3, 0.4) is 0 Å². The zero-order chi connectivity index (χ0) is 10.7. The van der Waals surface area contributed by atoms with Crippen LogP contribution in [0.1, 0.15) is 0 Å². The van der Waals surface area contributed by atoms with Gasteiger partial charge in [-0.15, -0.1) is 0 Å². The summed E-state index contributed by atoms with van der Waals surface area (Å²) in [5, 5.41) is 0.661. The summed E-state index contributed by atoms with van der Waals surface area (Å²) >= 11 is 8.08.